The maximum atomic E-state index is 6.18. The predicted octanol–water partition coefficient (Wildman–Crippen LogP) is 4.35. The third-order valence-corrected chi connectivity index (χ3v) is 2.99. The van der Waals surface area contributed by atoms with E-state index in [1.807, 2.05) is 32.0 Å². The molecule has 0 fully saturated rings. The molecule has 0 saturated heterocycles. The first-order valence-corrected chi connectivity index (χ1v) is 6.08. The molecule has 1 heterocycles. The summed E-state index contributed by atoms with van der Waals surface area (Å²) >= 11 is 6.18. The number of aryl methyl sites for hydroxylation is 2. The molecule has 0 radical (unpaired) electrons. The van der Waals surface area contributed by atoms with E-state index in [1.54, 1.807) is 0 Å². The van der Waals surface area contributed by atoms with Crippen molar-refractivity contribution < 1.29 is 4.74 Å². The van der Waals surface area contributed by atoms with E-state index < -0.39 is 0 Å². The van der Waals surface area contributed by atoms with Gasteiger partial charge in [-0.15, -0.1) is 0 Å². The first-order valence-electron chi connectivity index (χ1n) is 5.70. The van der Waals surface area contributed by atoms with Crippen molar-refractivity contribution in [3.8, 4) is 16.9 Å². The number of aromatic nitrogens is 1. The maximum Gasteiger partial charge on any atom is 0.137 e. The van der Waals surface area contributed by atoms with Gasteiger partial charge in [0.1, 0.15) is 5.75 Å². The number of aromatic amines is 1. The lowest BCUT2D eigenvalue weighted by Crippen LogP contribution is -1.92. The minimum Gasteiger partial charge on any atom is -0.492 e. The van der Waals surface area contributed by atoms with Gasteiger partial charge in [0.25, 0.3) is 0 Å². The summed E-state index contributed by atoms with van der Waals surface area (Å²) in [5, 5.41) is 0.655. The smallest absolute Gasteiger partial charge is 0.137 e. The Morgan fingerprint density at radius 3 is 2.53 bits per heavy atom. The van der Waals surface area contributed by atoms with Crippen molar-refractivity contribution in [3.63, 3.8) is 0 Å². The van der Waals surface area contributed by atoms with Gasteiger partial charge >= 0.3 is 0 Å². The minimum absolute atomic E-state index is 0.626. The lowest BCUT2D eigenvalue weighted by atomic mass is 10.1. The zero-order chi connectivity index (χ0) is 12.4. The molecule has 2 nitrogen and oxygen atoms in total. The Kier molecular flexibility index (Phi) is 3.43. The molecule has 0 aliphatic carbocycles. The number of nitrogens with one attached hydrogen (secondary N) is 1. The number of H-pyrrole nitrogens is 1. The number of hydrogen-bond acceptors (Lipinski definition) is 1. The van der Waals surface area contributed by atoms with Gasteiger partial charge in [0.15, 0.2) is 0 Å². The van der Waals surface area contributed by atoms with Gasteiger partial charge in [0.2, 0.25) is 0 Å². The van der Waals surface area contributed by atoms with E-state index in [9.17, 15) is 0 Å². The molecule has 0 atom stereocenters. The zero-order valence-corrected chi connectivity index (χ0v) is 11.1. The Morgan fingerprint density at radius 1 is 1.24 bits per heavy atom. The quantitative estimate of drug-likeness (QED) is 0.860. The fraction of sp³-hybridized carbons (Fsp3) is 0.286. The molecule has 17 heavy (non-hydrogen) atoms. The van der Waals surface area contributed by atoms with Crippen molar-refractivity contribution in [3.05, 3.63) is 40.7 Å². The first-order chi connectivity index (χ1) is 8.11. The lowest BCUT2D eigenvalue weighted by molar-refractivity contribution is 0.340. The Morgan fingerprint density at radius 2 is 2.00 bits per heavy atom. The normalized spacial score (nSPS) is 10.6. The fourth-order valence-corrected chi connectivity index (χ4v) is 2.20. The van der Waals surface area contributed by atoms with Crippen molar-refractivity contribution in [1.82, 2.24) is 4.98 Å². The highest BCUT2D eigenvalue weighted by Crippen LogP contribution is 2.32. The van der Waals surface area contributed by atoms with Gasteiger partial charge < -0.3 is 9.72 Å². The van der Waals surface area contributed by atoms with E-state index in [4.69, 9.17) is 16.3 Å². The number of hydrogen-bond donors (Lipinski definition) is 1. The van der Waals surface area contributed by atoms with Crippen LogP contribution in [0.5, 0.6) is 5.75 Å². The summed E-state index contributed by atoms with van der Waals surface area (Å²) in [6, 6.07) is 8.03. The molecule has 0 amide bonds. The third kappa shape index (κ3) is 2.47. The SMILES string of the molecule is CCOc1ccc(-c2cc(C)[nH]c2C)cc1Cl. The summed E-state index contributed by atoms with van der Waals surface area (Å²) < 4.78 is 5.42. The molecule has 0 aliphatic heterocycles. The first kappa shape index (κ1) is 12.1. The highest BCUT2D eigenvalue weighted by Gasteiger charge is 2.08. The largest absolute Gasteiger partial charge is 0.492 e. The van der Waals surface area contributed by atoms with Gasteiger partial charge in [-0.05, 0) is 44.5 Å². The van der Waals surface area contributed by atoms with Crippen LogP contribution in [0.15, 0.2) is 24.3 Å². The van der Waals surface area contributed by atoms with E-state index in [0.29, 0.717) is 11.6 Å². The fourth-order valence-electron chi connectivity index (χ4n) is 1.96. The molecule has 0 spiro atoms. The molecule has 0 saturated carbocycles. The van der Waals surface area contributed by atoms with Crippen LogP contribution in [0.1, 0.15) is 18.3 Å². The van der Waals surface area contributed by atoms with Gasteiger partial charge in [0.05, 0.1) is 11.6 Å². The molecule has 1 aromatic carbocycles. The summed E-state index contributed by atoms with van der Waals surface area (Å²) in [6.07, 6.45) is 0. The van der Waals surface area contributed by atoms with E-state index in [2.05, 4.69) is 18.0 Å². The van der Waals surface area contributed by atoms with E-state index >= 15 is 0 Å². The Hall–Kier alpha value is -1.41. The van der Waals surface area contributed by atoms with Gasteiger partial charge in [0, 0.05) is 17.0 Å². The second kappa shape index (κ2) is 4.84. The van der Waals surface area contributed by atoms with E-state index in [0.717, 1.165) is 22.7 Å². The van der Waals surface area contributed by atoms with Crippen LogP contribution in [0.4, 0.5) is 0 Å². The number of ether oxygens (including phenoxy) is 1. The minimum atomic E-state index is 0.626. The van der Waals surface area contributed by atoms with Crippen molar-refractivity contribution in [2.45, 2.75) is 20.8 Å². The van der Waals surface area contributed by atoms with E-state index in [1.165, 1.54) is 5.56 Å². The number of benzene rings is 1. The Labute approximate surface area is 107 Å². The molecular formula is C14H16ClNO. The van der Waals surface area contributed by atoms with Crippen LogP contribution in [0, 0.1) is 13.8 Å². The summed E-state index contributed by atoms with van der Waals surface area (Å²) in [7, 11) is 0. The van der Waals surface area contributed by atoms with Gasteiger partial charge in [-0.2, -0.15) is 0 Å². The van der Waals surface area contributed by atoms with Crippen molar-refractivity contribution in [2.24, 2.45) is 0 Å². The molecule has 2 aromatic rings. The second-order valence-electron chi connectivity index (χ2n) is 4.07. The molecule has 0 unspecified atom stereocenters. The Balaban J connectivity index is 2.41. The van der Waals surface area contributed by atoms with Crippen molar-refractivity contribution in [1.29, 1.82) is 0 Å². The van der Waals surface area contributed by atoms with Crippen LogP contribution in [0.25, 0.3) is 11.1 Å². The van der Waals surface area contributed by atoms with Crippen LogP contribution in [0.3, 0.4) is 0 Å². The molecule has 90 valence electrons. The van der Waals surface area contributed by atoms with Gasteiger partial charge in [-0.25, -0.2) is 0 Å². The molecule has 0 bridgehead atoms. The summed E-state index contributed by atoms with van der Waals surface area (Å²) in [5.74, 6) is 0.739. The van der Waals surface area contributed by atoms with Crippen molar-refractivity contribution in [2.75, 3.05) is 6.61 Å². The van der Waals surface area contributed by atoms with Crippen LogP contribution in [0.2, 0.25) is 5.02 Å². The molecule has 1 aromatic heterocycles. The summed E-state index contributed by atoms with van der Waals surface area (Å²) in [4.78, 5) is 3.29. The third-order valence-electron chi connectivity index (χ3n) is 2.69. The second-order valence-corrected chi connectivity index (χ2v) is 4.48. The van der Waals surface area contributed by atoms with Crippen molar-refractivity contribution >= 4 is 11.6 Å². The standard InChI is InChI=1S/C14H16ClNO/c1-4-17-14-6-5-11(8-13(14)15)12-7-9(2)16-10(12)3/h5-8,16H,4H2,1-3H3. The summed E-state index contributed by atoms with van der Waals surface area (Å²) in [5.41, 5.74) is 4.61. The molecular weight excluding hydrogens is 234 g/mol. The lowest BCUT2D eigenvalue weighted by Gasteiger charge is -2.07. The van der Waals surface area contributed by atoms with Gasteiger partial charge in [-0.3, -0.25) is 0 Å². The number of rotatable bonds is 3. The van der Waals surface area contributed by atoms with Crippen LogP contribution < -0.4 is 4.74 Å². The summed E-state index contributed by atoms with van der Waals surface area (Å²) in [6.45, 7) is 6.69. The van der Waals surface area contributed by atoms with E-state index in [-0.39, 0.29) is 0 Å². The maximum absolute atomic E-state index is 6.18. The van der Waals surface area contributed by atoms with Crippen LogP contribution in [-0.4, -0.2) is 11.6 Å². The molecule has 2 rings (SSSR count). The zero-order valence-electron chi connectivity index (χ0n) is 10.3. The number of halogens is 1. The highest BCUT2D eigenvalue weighted by atomic mass is 35.5. The average Bonchev–Trinajstić information content (AvgIpc) is 2.61. The average molecular weight is 250 g/mol. The molecule has 3 heteroatoms. The highest BCUT2D eigenvalue weighted by molar-refractivity contribution is 6.32. The molecule has 1 N–H and O–H groups in total. The predicted molar refractivity (Wildman–Crippen MR) is 71.9 cm³/mol. The topological polar surface area (TPSA) is 25.0 Å². The van der Waals surface area contributed by atoms with Gasteiger partial charge in [-0.1, -0.05) is 17.7 Å². The van der Waals surface area contributed by atoms with Crippen LogP contribution >= 0.6 is 11.6 Å². The van der Waals surface area contributed by atoms with Crippen LogP contribution in [-0.2, 0) is 0 Å². The molecule has 0 aliphatic rings. The monoisotopic (exact) mass is 249 g/mol. The Bertz CT molecular complexity index is 531.